The monoisotopic (exact) mass is 247 g/mol. The predicted octanol–water partition coefficient (Wildman–Crippen LogP) is 2.46. The van der Waals surface area contributed by atoms with Gasteiger partial charge >= 0.3 is 0 Å². The Morgan fingerprint density at radius 1 is 1.39 bits per heavy atom. The van der Waals surface area contributed by atoms with E-state index in [2.05, 4.69) is 24.4 Å². The third-order valence-corrected chi connectivity index (χ3v) is 3.76. The first-order valence-electron chi connectivity index (χ1n) is 6.60. The summed E-state index contributed by atoms with van der Waals surface area (Å²) >= 11 is 0. The highest BCUT2D eigenvalue weighted by atomic mass is 16.5. The first-order valence-corrected chi connectivity index (χ1v) is 6.60. The van der Waals surface area contributed by atoms with Crippen LogP contribution in [0.15, 0.2) is 30.3 Å². The normalized spacial score (nSPS) is 18.1. The number of ether oxygens (including phenoxy) is 1. The second-order valence-corrected chi connectivity index (χ2v) is 4.91. The lowest BCUT2D eigenvalue weighted by molar-refractivity contribution is -0.124. The molecular weight excluding hydrogens is 226 g/mol. The van der Waals surface area contributed by atoms with Gasteiger partial charge in [0, 0.05) is 13.0 Å². The molecule has 18 heavy (non-hydrogen) atoms. The molecule has 1 aliphatic rings. The predicted molar refractivity (Wildman–Crippen MR) is 71.2 cm³/mol. The van der Waals surface area contributed by atoms with Crippen molar-refractivity contribution < 1.29 is 9.53 Å². The average Bonchev–Trinajstić information content (AvgIpc) is 3.26. The summed E-state index contributed by atoms with van der Waals surface area (Å²) in [6.45, 7) is 2.62. The van der Waals surface area contributed by atoms with Crippen LogP contribution >= 0.6 is 0 Å². The Kier molecular flexibility index (Phi) is 4.02. The number of carbonyl (C=O) groups excluding carboxylic acids is 1. The molecule has 3 heteroatoms. The van der Waals surface area contributed by atoms with E-state index in [1.165, 1.54) is 0 Å². The Bertz CT molecular complexity index is 394. The highest BCUT2D eigenvalue weighted by Gasteiger charge is 2.34. The minimum Gasteiger partial charge on any atom is -0.372 e. The molecule has 0 bridgehead atoms. The zero-order valence-electron chi connectivity index (χ0n) is 11.1. The molecule has 1 saturated carbocycles. The summed E-state index contributed by atoms with van der Waals surface area (Å²) in [5.41, 5.74) is 0.706. The van der Waals surface area contributed by atoms with Gasteiger partial charge in [0.15, 0.2) is 0 Å². The van der Waals surface area contributed by atoms with Crippen LogP contribution < -0.4 is 5.32 Å². The molecule has 1 atom stereocenters. The minimum absolute atomic E-state index is 0.167. The van der Waals surface area contributed by atoms with Gasteiger partial charge in [-0.3, -0.25) is 4.79 Å². The van der Waals surface area contributed by atoms with Gasteiger partial charge in [-0.1, -0.05) is 37.3 Å². The van der Waals surface area contributed by atoms with E-state index in [4.69, 9.17) is 4.74 Å². The zero-order chi connectivity index (χ0) is 13.0. The quantitative estimate of drug-likeness (QED) is 0.838. The zero-order valence-corrected chi connectivity index (χ0v) is 11.1. The van der Waals surface area contributed by atoms with Crippen molar-refractivity contribution in [2.24, 2.45) is 5.92 Å². The van der Waals surface area contributed by atoms with Crippen LogP contribution in [-0.4, -0.2) is 19.6 Å². The van der Waals surface area contributed by atoms with Gasteiger partial charge in [0.25, 0.3) is 0 Å². The third kappa shape index (κ3) is 2.72. The van der Waals surface area contributed by atoms with E-state index < -0.39 is 5.60 Å². The van der Waals surface area contributed by atoms with Crippen molar-refractivity contribution in [2.75, 3.05) is 13.7 Å². The Hall–Kier alpha value is -1.35. The van der Waals surface area contributed by atoms with Crippen molar-refractivity contribution in [1.82, 2.24) is 5.32 Å². The summed E-state index contributed by atoms with van der Waals surface area (Å²) in [7, 11) is 1.71. The summed E-state index contributed by atoms with van der Waals surface area (Å²) in [5.74, 6) is 0.410. The fourth-order valence-corrected chi connectivity index (χ4v) is 2.23. The topological polar surface area (TPSA) is 38.3 Å². The molecule has 2 rings (SSSR count). The third-order valence-electron chi connectivity index (χ3n) is 3.76. The van der Waals surface area contributed by atoms with Gasteiger partial charge in [-0.2, -0.15) is 0 Å². The number of methoxy groups -OCH3 is 1. The van der Waals surface area contributed by atoms with Crippen LogP contribution in [0.2, 0.25) is 0 Å². The lowest BCUT2D eigenvalue weighted by Crippen LogP contribution is -2.42. The van der Waals surface area contributed by atoms with Gasteiger partial charge in [0.05, 0.1) is 6.54 Å². The smallest absolute Gasteiger partial charge is 0.223 e. The molecule has 1 fully saturated rings. The van der Waals surface area contributed by atoms with Gasteiger partial charge in [-0.15, -0.1) is 0 Å². The molecule has 0 heterocycles. The molecule has 1 aromatic carbocycles. The highest BCUT2D eigenvalue weighted by Crippen LogP contribution is 2.31. The second-order valence-electron chi connectivity index (χ2n) is 4.91. The molecule has 1 unspecified atom stereocenters. The number of nitrogens with one attached hydrogen (secondary N) is 1. The molecule has 1 N–H and O–H groups in total. The molecule has 0 aliphatic heterocycles. The second kappa shape index (κ2) is 5.53. The summed E-state index contributed by atoms with van der Waals surface area (Å²) in [6.07, 6.45) is 2.89. The fourth-order valence-electron chi connectivity index (χ4n) is 2.23. The van der Waals surface area contributed by atoms with Gasteiger partial charge in [0.2, 0.25) is 5.91 Å². The molecule has 1 aromatic rings. The summed E-state index contributed by atoms with van der Waals surface area (Å²) < 4.78 is 5.71. The minimum atomic E-state index is -0.411. The van der Waals surface area contributed by atoms with Crippen LogP contribution in [0, 0.1) is 5.92 Å². The van der Waals surface area contributed by atoms with Gasteiger partial charge < -0.3 is 10.1 Å². The number of benzene rings is 1. The Labute approximate surface area is 109 Å². The summed E-state index contributed by atoms with van der Waals surface area (Å²) in [4.78, 5) is 11.7. The van der Waals surface area contributed by atoms with E-state index in [9.17, 15) is 4.79 Å². The molecule has 1 amide bonds. The first-order chi connectivity index (χ1) is 8.72. The van der Waals surface area contributed by atoms with Gasteiger partial charge in [0.1, 0.15) is 5.60 Å². The van der Waals surface area contributed by atoms with E-state index in [1.807, 2.05) is 18.2 Å². The van der Waals surface area contributed by atoms with Crippen LogP contribution in [0.25, 0.3) is 0 Å². The molecular formula is C15H21NO2. The number of amides is 1. The highest BCUT2D eigenvalue weighted by molar-refractivity contribution is 5.80. The number of carbonyl (C=O) groups is 1. The molecule has 3 nitrogen and oxygen atoms in total. The lowest BCUT2D eigenvalue weighted by Gasteiger charge is -2.32. The molecule has 1 aliphatic carbocycles. The van der Waals surface area contributed by atoms with Crippen molar-refractivity contribution in [2.45, 2.75) is 31.8 Å². The number of hydrogen-bond donors (Lipinski definition) is 1. The van der Waals surface area contributed by atoms with Crippen molar-refractivity contribution in [3.05, 3.63) is 35.9 Å². The molecule has 0 saturated heterocycles. The van der Waals surface area contributed by atoms with Crippen LogP contribution in [0.1, 0.15) is 31.7 Å². The maximum atomic E-state index is 11.7. The van der Waals surface area contributed by atoms with E-state index >= 15 is 0 Å². The fraction of sp³-hybridized carbons (Fsp3) is 0.533. The average molecular weight is 247 g/mol. The molecule has 0 spiro atoms. The number of rotatable bonds is 6. The maximum Gasteiger partial charge on any atom is 0.223 e. The van der Waals surface area contributed by atoms with E-state index in [0.717, 1.165) is 24.8 Å². The van der Waals surface area contributed by atoms with Gasteiger partial charge in [-0.25, -0.2) is 0 Å². The molecule has 98 valence electrons. The van der Waals surface area contributed by atoms with Crippen molar-refractivity contribution in [1.29, 1.82) is 0 Å². The van der Waals surface area contributed by atoms with Crippen molar-refractivity contribution in [3.8, 4) is 0 Å². The number of hydrogen-bond acceptors (Lipinski definition) is 2. The first kappa shape index (κ1) is 13.1. The largest absolute Gasteiger partial charge is 0.372 e. The molecule has 0 radical (unpaired) electrons. The SMILES string of the molecule is CCC(CNC(=O)C1CC1)(OC)c1ccccc1. The van der Waals surface area contributed by atoms with E-state index in [-0.39, 0.29) is 11.8 Å². The van der Waals surface area contributed by atoms with Crippen molar-refractivity contribution in [3.63, 3.8) is 0 Å². The summed E-state index contributed by atoms with van der Waals surface area (Å²) in [6, 6.07) is 10.1. The van der Waals surface area contributed by atoms with Crippen LogP contribution in [-0.2, 0) is 15.1 Å². The van der Waals surface area contributed by atoms with Crippen LogP contribution in [0.3, 0.4) is 0 Å². The van der Waals surface area contributed by atoms with E-state index in [1.54, 1.807) is 7.11 Å². The maximum absolute atomic E-state index is 11.7. The van der Waals surface area contributed by atoms with Crippen LogP contribution in [0.5, 0.6) is 0 Å². The van der Waals surface area contributed by atoms with Crippen molar-refractivity contribution >= 4 is 5.91 Å². The standard InChI is InChI=1S/C15H21NO2/c1-3-15(18-2,13-7-5-4-6-8-13)11-16-14(17)12-9-10-12/h4-8,12H,3,9-11H2,1-2H3,(H,16,17). The lowest BCUT2D eigenvalue weighted by atomic mass is 9.90. The van der Waals surface area contributed by atoms with Gasteiger partial charge in [-0.05, 0) is 24.8 Å². The Morgan fingerprint density at radius 3 is 2.56 bits per heavy atom. The summed E-state index contributed by atoms with van der Waals surface area (Å²) in [5, 5.41) is 3.02. The Morgan fingerprint density at radius 2 is 2.06 bits per heavy atom. The van der Waals surface area contributed by atoms with Crippen LogP contribution in [0.4, 0.5) is 0 Å². The van der Waals surface area contributed by atoms with E-state index in [0.29, 0.717) is 6.54 Å². The molecule has 0 aromatic heterocycles. The Balaban J connectivity index is 2.08.